The number of methoxy groups -OCH3 is 2. The topological polar surface area (TPSA) is 121 Å². The van der Waals surface area contributed by atoms with Gasteiger partial charge in [-0.05, 0) is 56.6 Å². The van der Waals surface area contributed by atoms with Crippen molar-refractivity contribution in [2.24, 2.45) is 0 Å². The zero-order valence-electron chi connectivity index (χ0n) is 23.7. The van der Waals surface area contributed by atoms with Crippen LogP contribution >= 0.6 is 0 Å². The molecule has 0 unspecified atom stereocenters. The van der Waals surface area contributed by atoms with Gasteiger partial charge in [0, 0.05) is 57.3 Å². The number of rotatable bonds is 15. The molecule has 2 aromatic carbocycles. The molecule has 0 aliphatic rings. The van der Waals surface area contributed by atoms with Crippen molar-refractivity contribution in [3.05, 3.63) is 72.6 Å². The Balaban J connectivity index is 1.86. The number of nitrogens with one attached hydrogen (secondary N) is 3. The molecule has 212 valence electrons. The molecule has 0 saturated carbocycles. The lowest BCUT2D eigenvalue weighted by atomic mass is 10.1. The second-order valence-electron chi connectivity index (χ2n) is 9.20. The van der Waals surface area contributed by atoms with Gasteiger partial charge in [0.25, 0.3) is 0 Å². The van der Waals surface area contributed by atoms with E-state index < -0.39 is 0 Å². The van der Waals surface area contributed by atoms with E-state index in [-0.39, 0.29) is 23.3 Å². The summed E-state index contributed by atoms with van der Waals surface area (Å²) < 4.78 is 10.7. The molecular formula is C29H37N7O4. The molecule has 11 heteroatoms. The van der Waals surface area contributed by atoms with Gasteiger partial charge in [-0.1, -0.05) is 6.58 Å². The molecule has 0 aliphatic carbocycles. The number of benzene rings is 2. The zero-order chi connectivity index (χ0) is 29.1. The van der Waals surface area contributed by atoms with Gasteiger partial charge in [-0.3, -0.25) is 9.59 Å². The Morgan fingerprint density at radius 3 is 2.42 bits per heavy atom. The molecule has 1 aromatic heterocycles. The summed E-state index contributed by atoms with van der Waals surface area (Å²) in [6.07, 6.45) is 2.72. The Labute approximate surface area is 235 Å². The van der Waals surface area contributed by atoms with Gasteiger partial charge in [0.15, 0.2) is 0 Å². The fourth-order valence-electron chi connectivity index (χ4n) is 3.76. The quantitative estimate of drug-likeness (QED) is 0.148. The Morgan fingerprint density at radius 1 is 1.02 bits per heavy atom. The van der Waals surface area contributed by atoms with E-state index in [1.807, 2.05) is 44.2 Å². The average Bonchev–Trinajstić information content (AvgIpc) is 2.96. The van der Waals surface area contributed by atoms with Crippen molar-refractivity contribution in [2.45, 2.75) is 0 Å². The first kappa shape index (κ1) is 30.1. The van der Waals surface area contributed by atoms with Crippen LogP contribution in [0.15, 0.2) is 61.3 Å². The first-order valence-electron chi connectivity index (χ1n) is 12.7. The van der Waals surface area contributed by atoms with Crippen molar-refractivity contribution in [3.8, 4) is 5.75 Å². The van der Waals surface area contributed by atoms with Gasteiger partial charge < -0.3 is 35.2 Å². The summed E-state index contributed by atoms with van der Waals surface area (Å²) >= 11 is 0. The van der Waals surface area contributed by atoms with Crippen LogP contribution in [0.5, 0.6) is 5.75 Å². The number of amides is 1. The van der Waals surface area contributed by atoms with Crippen LogP contribution < -0.4 is 25.6 Å². The van der Waals surface area contributed by atoms with Gasteiger partial charge in [-0.25, -0.2) is 9.97 Å². The van der Waals surface area contributed by atoms with Crippen LogP contribution in [0, 0.1) is 0 Å². The Bertz CT molecular complexity index is 1310. The smallest absolute Gasteiger partial charge is 0.247 e. The van der Waals surface area contributed by atoms with Crippen LogP contribution in [0.4, 0.5) is 28.7 Å². The number of aromatic nitrogens is 2. The van der Waals surface area contributed by atoms with Gasteiger partial charge >= 0.3 is 0 Å². The van der Waals surface area contributed by atoms with E-state index in [0.717, 1.165) is 24.5 Å². The van der Waals surface area contributed by atoms with E-state index in [1.165, 1.54) is 12.3 Å². The highest BCUT2D eigenvalue weighted by molar-refractivity contribution is 6.08. The van der Waals surface area contributed by atoms with Gasteiger partial charge in [0.05, 0.1) is 30.8 Å². The Kier molecular flexibility index (Phi) is 11.0. The number of anilines is 5. The molecule has 1 amide bonds. The van der Waals surface area contributed by atoms with Crippen LogP contribution in [0.25, 0.3) is 0 Å². The van der Waals surface area contributed by atoms with E-state index in [4.69, 9.17) is 9.47 Å². The lowest BCUT2D eigenvalue weighted by Gasteiger charge is -2.26. The summed E-state index contributed by atoms with van der Waals surface area (Å²) in [5.41, 5.74) is 3.46. The maximum atomic E-state index is 13.1. The molecule has 0 bridgehead atoms. The van der Waals surface area contributed by atoms with Crippen molar-refractivity contribution in [1.82, 2.24) is 14.9 Å². The molecule has 0 spiro atoms. The highest BCUT2D eigenvalue weighted by Gasteiger charge is 2.17. The number of ketones is 1. The van der Waals surface area contributed by atoms with Gasteiger partial charge in [0.1, 0.15) is 11.4 Å². The maximum Gasteiger partial charge on any atom is 0.247 e. The first-order valence-corrected chi connectivity index (χ1v) is 12.7. The van der Waals surface area contributed by atoms with Crippen molar-refractivity contribution in [3.63, 3.8) is 0 Å². The Hall–Kier alpha value is -4.48. The average molecular weight is 548 g/mol. The molecule has 40 heavy (non-hydrogen) atoms. The fraction of sp³-hybridized carbons (Fsp3) is 0.310. The Morgan fingerprint density at radius 2 is 1.77 bits per heavy atom. The van der Waals surface area contributed by atoms with Crippen LogP contribution in [0.1, 0.15) is 16.1 Å². The van der Waals surface area contributed by atoms with Crippen LogP contribution in [0.2, 0.25) is 0 Å². The second kappa shape index (κ2) is 14.6. The molecular weight excluding hydrogens is 510 g/mol. The number of likely N-dealkylation sites (N-methyl/N-ethyl adjacent to an activating group) is 2. The molecule has 0 saturated heterocycles. The molecule has 0 fully saturated rings. The molecule has 11 nitrogen and oxygen atoms in total. The van der Waals surface area contributed by atoms with E-state index in [2.05, 4.69) is 37.4 Å². The zero-order valence-corrected chi connectivity index (χ0v) is 23.7. The van der Waals surface area contributed by atoms with Crippen molar-refractivity contribution < 1.29 is 19.1 Å². The van der Waals surface area contributed by atoms with Crippen LogP contribution in [0.3, 0.4) is 0 Å². The number of nitrogens with zero attached hydrogens (tertiary/aromatic N) is 4. The van der Waals surface area contributed by atoms with Gasteiger partial charge in [-0.15, -0.1) is 0 Å². The highest BCUT2D eigenvalue weighted by atomic mass is 16.5. The monoisotopic (exact) mass is 547 g/mol. The van der Waals surface area contributed by atoms with Gasteiger partial charge in [0.2, 0.25) is 17.6 Å². The minimum Gasteiger partial charge on any atom is -0.494 e. The summed E-state index contributed by atoms with van der Waals surface area (Å²) in [5, 5.41) is 9.21. The summed E-state index contributed by atoms with van der Waals surface area (Å²) in [6, 6.07) is 12.3. The third-order valence-electron chi connectivity index (χ3n) is 5.97. The minimum atomic E-state index is -0.345. The van der Waals surface area contributed by atoms with E-state index >= 15 is 0 Å². The molecule has 0 atom stereocenters. The summed E-state index contributed by atoms with van der Waals surface area (Å²) in [6.45, 7) is 6.34. The predicted molar refractivity (Wildman–Crippen MR) is 159 cm³/mol. The van der Waals surface area contributed by atoms with E-state index in [0.29, 0.717) is 35.8 Å². The molecule has 0 aliphatic heterocycles. The lowest BCUT2D eigenvalue weighted by Crippen LogP contribution is -2.29. The molecule has 3 rings (SSSR count). The third-order valence-corrected chi connectivity index (χ3v) is 5.97. The standard InChI is InChI=1S/C29H37N7O4/c1-7-27(37)32-23-18-24(26(40-6)19-25(23)36(4)16-15-35(2)3)34-29-31-13-12-22(33-29)28(38)20-8-10-21(11-9-20)30-14-17-39-5/h7-13,18-19,30H,1,14-17H2,2-6H3,(H,32,37)(H,31,33,34). The van der Waals surface area contributed by atoms with Gasteiger partial charge in [-0.2, -0.15) is 0 Å². The number of carbonyl (C=O) groups is 2. The normalized spacial score (nSPS) is 10.7. The summed E-state index contributed by atoms with van der Waals surface area (Å²) in [7, 11) is 9.14. The lowest BCUT2D eigenvalue weighted by molar-refractivity contribution is -0.111. The summed E-state index contributed by atoms with van der Waals surface area (Å²) in [4.78, 5) is 38.2. The number of hydrogen-bond donors (Lipinski definition) is 3. The summed E-state index contributed by atoms with van der Waals surface area (Å²) in [5.74, 6) is 0.136. The van der Waals surface area contributed by atoms with Crippen molar-refractivity contribution >= 4 is 40.4 Å². The van der Waals surface area contributed by atoms with E-state index in [1.54, 1.807) is 38.5 Å². The van der Waals surface area contributed by atoms with Crippen LogP contribution in [-0.2, 0) is 9.53 Å². The largest absolute Gasteiger partial charge is 0.494 e. The predicted octanol–water partition coefficient (Wildman–Crippen LogP) is 3.64. The SMILES string of the molecule is C=CC(=O)Nc1cc(Nc2nccc(C(=O)c3ccc(NCCOC)cc3)n2)c(OC)cc1N(C)CCN(C)C. The van der Waals surface area contributed by atoms with Crippen molar-refractivity contribution in [2.75, 3.05) is 82.5 Å². The molecule has 1 heterocycles. The molecule has 3 N–H and O–H groups in total. The molecule has 3 aromatic rings. The maximum absolute atomic E-state index is 13.1. The first-order chi connectivity index (χ1) is 19.2. The van der Waals surface area contributed by atoms with Crippen molar-refractivity contribution in [1.29, 1.82) is 0 Å². The number of ether oxygens (including phenoxy) is 2. The molecule has 0 radical (unpaired) electrons. The number of hydrogen-bond acceptors (Lipinski definition) is 10. The second-order valence-corrected chi connectivity index (χ2v) is 9.20. The highest BCUT2D eigenvalue weighted by Crippen LogP contribution is 2.37. The van der Waals surface area contributed by atoms with Crippen LogP contribution in [-0.4, -0.2) is 88.2 Å². The number of carbonyl (C=O) groups excluding carboxylic acids is 2. The fourth-order valence-corrected chi connectivity index (χ4v) is 3.76. The van der Waals surface area contributed by atoms with E-state index in [9.17, 15) is 9.59 Å². The third kappa shape index (κ3) is 8.26. The minimum absolute atomic E-state index is 0.205.